The molecular weight excluding hydrogens is 324 g/mol. The molecular formula is C21H22N4O. The van der Waals surface area contributed by atoms with Crippen LogP contribution in [0, 0.1) is 0 Å². The van der Waals surface area contributed by atoms with Gasteiger partial charge in [0.05, 0.1) is 5.69 Å². The lowest BCUT2D eigenvalue weighted by atomic mass is 10.1. The smallest absolute Gasteiger partial charge is 0.269 e. The Balaban J connectivity index is 1.39. The lowest BCUT2D eigenvalue weighted by Gasteiger charge is -2.27. The molecule has 4 rings (SSSR count). The van der Waals surface area contributed by atoms with E-state index in [-0.39, 0.29) is 5.91 Å². The quantitative estimate of drug-likeness (QED) is 0.743. The summed E-state index contributed by atoms with van der Waals surface area (Å²) in [5.74, 6) is -0.111. The highest BCUT2D eigenvalue weighted by molar-refractivity contribution is 5.93. The second-order valence-electron chi connectivity index (χ2n) is 6.57. The predicted octanol–water partition coefficient (Wildman–Crippen LogP) is 3.48. The molecule has 26 heavy (non-hydrogen) atoms. The van der Waals surface area contributed by atoms with E-state index in [2.05, 4.69) is 44.7 Å². The highest BCUT2D eigenvalue weighted by atomic mass is 16.1. The number of carbonyl (C=O) groups is 1. The van der Waals surface area contributed by atoms with E-state index in [1.54, 1.807) is 6.07 Å². The fourth-order valence-corrected chi connectivity index (χ4v) is 3.51. The summed E-state index contributed by atoms with van der Waals surface area (Å²) in [6, 6.07) is 22.4. The van der Waals surface area contributed by atoms with Crippen molar-refractivity contribution in [1.82, 2.24) is 15.5 Å². The van der Waals surface area contributed by atoms with Crippen molar-refractivity contribution in [2.24, 2.45) is 0 Å². The molecule has 2 heterocycles. The topological polar surface area (TPSA) is 61.0 Å². The molecule has 132 valence electrons. The van der Waals surface area contributed by atoms with Crippen molar-refractivity contribution in [3.63, 3.8) is 0 Å². The Morgan fingerprint density at radius 1 is 1.12 bits per heavy atom. The average Bonchev–Trinajstić information content (AvgIpc) is 3.37. The molecule has 2 N–H and O–H groups in total. The van der Waals surface area contributed by atoms with Crippen LogP contribution in [-0.2, 0) is 0 Å². The van der Waals surface area contributed by atoms with E-state index in [9.17, 15) is 4.79 Å². The number of aromatic amines is 1. The first kappa shape index (κ1) is 16.4. The zero-order chi connectivity index (χ0) is 17.8. The van der Waals surface area contributed by atoms with Gasteiger partial charge in [-0.1, -0.05) is 48.5 Å². The Hall–Kier alpha value is -3.08. The number of nitrogens with zero attached hydrogens (tertiary/aromatic N) is 2. The largest absolute Gasteiger partial charge is 0.367 e. The van der Waals surface area contributed by atoms with Crippen molar-refractivity contribution in [1.29, 1.82) is 0 Å². The second kappa shape index (κ2) is 7.44. The number of H-pyrrole nitrogens is 1. The van der Waals surface area contributed by atoms with Crippen LogP contribution in [0.4, 0.5) is 5.69 Å². The third-order valence-electron chi connectivity index (χ3n) is 4.86. The number of aromatic nitrogens is 2. The molecule has 0 spiro atoms. The molecule has 0 aliphatic carbocycles. The van der Waals surface area contributed by atoms with Gasteiger partial charge in [0.1, 0.15) is 5.69 Å². The molecule has 5 nitrogen and oxygen atoms in total. The molecule has 1 aromatic heterocycles. The molecule has 2 aromatic carbocycles. The van der Waals surface area contributed by atoms with Crippen molar-refractivity contribution in [2.45, 2.75) is 18.9 Å². The number of hydrogen-bond donors (Lipinski definition) is 2. The fourth-order valence-electron chi connectivity index (χ4n) is 3.51. The molecule has 0 radical (unpaired) electrons. The van der Waals surface area contributed by atoms with Gasteiger partial charge < -0.3 is 10.2 Å². The first-order chi connectivity index (χ1) is 12.8. The van der Waals surface area contributed by atoms with Crippen molar-refractivity contribution in [3.8, 4) is 11.3 Å². The molecule has 1 fully saturated rings. The van der Waals surface area contributed by atoms with E-state index >= 15 is 0 Å². The van der Waals surface area contributed by atoms with Crippen molar-refractivity contribution >= 4 is 11.6 Å². The monoisotopic (exact) mass is 346 g/mol. The average molecular weight is 346 g/mol. The number of amides is 1. The van der Waals surface area contributed by atoms with Gasteiger partial charge in [0.2, 0.25) is 0 Å². The highest BCUT2D eigenvalue weighted by Crippen LogP contribution is 2.24. The lowest BCUT2D eigenvalue weighted by Crippen LogP contribution is -2.40. The summed E-state index contributed by atoms with van der Waals surface area (Å²) < 4.78 is 0. The zero-order valence-corrected chi connectivity index (χ0v) is 14.6. The van der Waals surface area contributed by atoms with E-state index in [4.69, 9.17) is 0 Å². The van der Waals surface area contributed by atoms with Crippen molar-refractivity contribution < 1.29 is 4.79 Å². The summed E-state index contributed by atoms with van der Waals surface area (Å²) >= 11 is 0. The van der Waals surface area contributed by atoms with E-state index in [1.807, 2.05) is 36.4 Å². The van der Waals surface area contributed by atoms with Crippen LogP contribution in [-0.4, -0.2) is 35.2 Å². The standard InChI is InChI=1S/C21H22N4O/c26-21(20-14-19(23-24-20)16-8-3-1-4-9-16)22-15-18-12-7-13-25(18)17-10-5-2-6-11-17/h1-6,8-11,14,18H,7,12-13,15H2,(H,22,26)(H,23,24)/t18-/m1/s1. The number of carbonyl (C=O) groups excluding carboxylic acids is 1. The van der Waals surface area contributed by atoms with Gasteiger partial charge in [-0.25, -0.2) is 0 Å². The van der Waals surface area contributed by atoms with Gasteiger partial charge in [0.25, 0.3) is 5.91 Å². The second-order valence-corrected chi connectivity index (χ2v) is 6.57. The molecule has 0 unspecified atom stereocenters. The predicted molar refractivity (Wildman–Crippen MR) is 103 cm³/mol. The first-order valence-corrected chi connectivity index (χ1v) is 9.02. The highest BCUT2D eigenvalue weighted by Gasteiger charge is 2.25. The minimum absolute atomic E-state index is 0.111. The molecule has 3 aromatic rings. The summed E-state index contributed by atoms with van der Waals surface area (Å²) in [5.41, 5.74) is 3.49. The van der Waals surface area contributed by atoms with Gasteiger partial charge in [-0.2, -0.15) is 5.10 Å². The Morgan fingerprint density at radius 2 is 1.85 bits per heavy atom. The maximum atomic E-state index is 12.5. The molecule has 5 heteroatoms. The zero-order valence-electron chi connectivity index (χ0n) is 14.6. The summed E-state index contributed by atoms with van der Waals surface area (Å²) in [4.78, 5) is 14.9. The van der Waals surface area contributed by atoms with Gasteiger partial charge in [-0.3, -0.25) is 9.89 Å². The number of nitrogens with one attached hydrogen (secondary N) is 2. The van der Waals surface area contributed by atoms with E-state index in [0.29, 0.717) is 18.3 Å². The summed E-state index contributed by atoms with van der Waals surface area (Å²) in [7, 11) is 0. The Bertz CT molecular complexity index is 860. The third-order valence-corrected chi connectivity index (χ3v) is 4.86. The number of para-hydroxylation sites is 1. The van der Waals surface area contributed by atoms with Gasteiger partial charge in [0, 0.05) is 30.4 Å². The Morgan fingerprint density at radius 3 is 2.62 bits per heavy atom. The van der Waals surface area contributed by atoms with Crippen LogP contribution < -0.4 is 10.2 Å². The van der Waals surface area contributed by atoms with Crippen LogP contribution in [0.2, 0.25) is 0 Å². The van der Waals surface area contributed by atoms with E-state index in [1.165, 1.54) is 5.69 Å². The van der Waals surface area contributed by atoms with Crippen LogP contribution in [0.5, 0.6) is 0 Å². The number of benzene rings is 2. The van der Waals surface area contributed by atoms with E-state index in [0.717, 1.165) is 30.6 Å². The molecule has 1 saturated heterocycles. The number of rotatable bonds is 5. The van der Waals surface area contributed by atoms with Gasteiger partial charge >= 0.3 is 0 Å². The molecule has 0 bridgehead atoms. The molecule has 1 amide bonds. The maximum absolute atomic E-state index is 12.5. The third kappa shape index (κ3) is 3.47. The minimum Gasteiger partial charge on any atom is -0.367 e. The van der Waals surface area contributed by atoms with Crippen molar-refractivity contribution in [2.75, 3.05) is 18.0 Å². The van der Waals surface area contributed by atoms with Crippen molar-refractivity contribution in [3.05, 3.63) is 72.4 Å². The number of anilines is 1. The first-order valence-electron chi connectivity index (χ1n) is 9.02. The Kier molecular flexibility index (Phi) is 4.69. The minimum atomic E-state index is -0.111. The Labute approximate surface area is 153 Å². The maximum Gasteiger partial charge on any atom is 0.269 e. The van der Waals surface area contributed by atoms with Crippen LogP contribution >= 0.6 is 0 Å². The van der Waals surface area contributed by atoms with Gasteiger partial charge in [-0.15, -0.1) is 0 Å². The van der Waals surface area contributed by atoms with Crippen LogP contribution in [0.3, 0.4) is 0 Å². The molecule has 1 atom stereocenters. The van der Waals surface area contributed by atoms with Crippen LogP contribution in [0.15, 0.2) is 66.7 Å². The normalized spacial score (nSPS) is 16.6. The van der Waals surface area contributed by atoms with Gasteiger partial charge in [0.15, 0.2) is 0 Å². The molecule has 0 saturated carbocycles. The summed E-state index contributed by atoms with van der Waals surface area (Å²) in [5, 5.41) is 10.2. The van der Waals surface area contributed by atoms with Crippen LogP contribution in [0.25, 0.3) is 11.3 Å². The fraction of sp³-hybridized carbons (Fsp3) is 0.238. The van der Waals surface area contributed by atoms with Gasteiger partial charge in [-0.05, 0) is 31.0 Å². The molecule has 1 aliphatic rings. The summed E-state index contributed by atoms with van der Waals surface area (Å²) in [6.45, 7) is 1.67. The number of hydrogen-bond acceptors (Lipinski definition) is 3. The molecule has 1 aliphatic heterocycles. The summed E-state index contributed by atoms with van der Waals surface area (Å²) in [6.07, 6.45) is 2.24. The lowest BCUT2D eigenvalue weighted by molar-refractivity contribution is 0.0946. The van der Waals surface area contributed by atoms with Crippen LogP contribution in [0.1, 0.15) is 23.3 Å². The SMILES string of the molecule is O=C(NC[C@H]1CCCN1c1ccccc1)c1cc(-c2ccccc2)n[nH]1. The van der Waals surface area contributed by atoms with E-state index < -0.39 is 0 Å².